The van der Waals surface area contributed by atoms with Crippen LogP contribution in [0.1, 0.15) is 16.1 Å². The zero-order valence-electron chi connectivity index (χ0n) is 14.8. The first-order chi connectivity index (χ1) is 13.7. The standard InChI is InChI=1S/C20H17N3O5/c24-19(21-10-13-6-7-16-18(8-13)27-12-26-16)11-22-20(25)15-9-17(28-23-15)14-4-2-1-3-5-14/h1-9H,10-12H2,(H,21,24)(H,22,25). The molecule has 8 heteroatoms. The number of nitrogens with one attached hydrogen (secondary N) is 2. The smallest absolute Gasteiger partial charge is 0.273 e. The number of amides is 2. The zero-order valence-corrected chi connectivity index (χ0v) is 14.8. The van der Waals surface area contributed by atoms with Gasteiger partial charge in [-0.25, -0.2) is 0 Å². The van der Waals surface area contributed by atoms with Gasteiger partial charge in [0.25, 0.3) is 5.91 Å². The SMILES string of the molecule is O=C(CNC(=O)c1cc(-c2ccccc2)on1)NCc1ccc2c(c1)OCO2. The van der Waals surface area contributed by atoms with Gasteiger partial charge in [-0.15, -0.1) is 0 Å². The molecule has 0 saturated carbocycles. The van der Waals surface area contributed by atoms with E-state index < -0.39 is 5.91 Å². The first-order valence-corrected chi connectivity index (χ1v) is 8.64. The molecule has 2 amide bonds. The Hall–Kier alpha value is -3.81. The first-order valence-electron chi connectivity index (χ1n) is 8.64. The molecule has 0 spiro atoms. The van der Waals surface area contributed by atoms with Crippen LogP contribution >= 0.6 is 0 Å². The Balaban J connectivity index is 1.26. The van der Waals surface area contributed by atoms with Crippen molar-refractivity contribution < 1.29 is 23.6 Å². The summed E-state index contributed by atoms with van der Waals surface area (Å²) < 4.78 is 15.7. The molecular formula is C20H17N3O5. The highest BCUT2D eigenvalue weighted by Gasteiger charge is 2.15. The lowest BCUT2D eigenvalue weighted by atomic mass is 10.1. The molecule has 0 atom stereocenters. The van der Waals surface area contributed by atoms with Crippen molar-refractivity contribution >= 4 is 11.8 Å². The number of rotatable bonds is 6. The maximum atomic E-state index is 12.2. The molecule has 0 fully saturated rings. The molecule has 1 aliphatic heterocycles. The van der Waals surface area contributed by atoms with E-state index in [0.29, 0.717) is 23.8 Å². The number of fused-ring (bicyclic) bond motifs is 1. The second-order valence-corrected chi connectivity index (χ2v) is 6.09. The number of carbonyl (C=O) groups is 2. The monoisotopic (exact) mass is 379 g/mol. The summed E-state index contributed by atoms with van der Waals surface area (Å²) >= 11 is 0. The van der Waals surface area contributed by atoms with Crippen LogP contribution in [0.25, 0.3) is 11.3 Å². The first kappa shape index (κ1) is 17.6. The molecule has 2 N–H and O–H groups in total. The molecule has 142 valence electrons. The minimum absolute atomic E-state index is 0.113. The van der Waals surface area contributed by atoms with Crippen molar-refractivity contribution in [1.29, 1.82) is 0 Å². The van der Waals surface area contributed by atoms with Crippen LogP contribution in [0.15, 0.2) is 59.1 Å². The van der Waals surface area contributed by atoms with Gasteiger partial charge in [-0.1, -0.05) is 41.6 Å². The minimum Gasteiger partial charge on any atom is -0.454 e. The van der Waals surface area contributed by atoms with Gasteiger partial charge >= 0.3 is 0 Å². The Bertz CT molecular complexity index is 1000. The van der Waals surface area contributed by atoms with Gasteiger partial charge in [-0.2, -0.15) is 0 Å². The van der Waals surface area contributed by atoms with Crippen LogP contribution in [0.3, 0.4) is 0 Å². The Morgan fingerprint density at radius 1 is 0.964 bits per heavy atom. The fraction of sp³-hybridized carbons (Fsp3) is 0.150. The van der Waals surface area contributed by atoms with Gasteiger partial charge in [-0.05, 0) is 17.7 Å². The molecule has 0 unspecified atom stereocenters. The number of ether oxygens (including phenoxy) is 2. The largest absolute Gasteiger partial charge is 0.454 e. The molecule has 0 bridgehead atoms. The molecule has 1 aliphatic rings. The van der Waals surface area contributed by atoms with Crippen molar-refractivity contribution in [3.05, 3.63) is 65.9 Å². The van der Waals surface area contributed by atoms with E-state index >= 15 is 0 Å². The summed E-state index contributed by atoms with van der Waals surface area (Å²) in [5.41, 5.74) is 1.80. The summed E-state index contributed by atoms with van der Waals surface area (Å²) in [4.78, 5) is 24.1. The summed E-state index contributed by atoms with van der Waals surface area (Å²) in [6.45, 7) is 0.343. The number of aromatic nitrogens is 1. The van der Waals surface area contributed by atoms with Gasteiger partial charge < -0.3 is 24.6 Å². The van der Waals surface area contributed by atoms with Crippen LogP contribution in [-0.4, -0.2) is 30.3 Å². The van der Waals surface area contributed by atoms with Crippen LogP contribution in [0.4, 0.5) is 0 Å². The fourth-order valence-electron chi connectivity index (χ4n) is 2.69. The van der Waals surface area contributed by atoms with Crippen molar-refractivity contribution in [2.24, 2.45) is 0 Å². The van der Waals surface area contributed by atoms with E-state index in [1.54, 1.807) is 6.07 Å². The molecule has 3 aromatic rings. The van der Waals surface area contributed by atoms with E-state index in [-0.39, 0.29) is 24.9 Å². The predicted octanol–water partition coefficient (Wildman–Crippen LogP) is 2.12. The summed E-state index contributed by atoms with van der Waals surface area (Å²) in [6.07, 6.45) is 0. The second-order valence-electron chi connectivity index (χ2n) is 6.09. The van der Waals surface area contributed by atoms with Crippen molar-refractivity contribution in [1.82, 2.24) is 15.8 Å². The number of hydrogen-bond acceptors (Lipinski definition) is 6. The number of benzene rings is 2. The van der Waals surface area contributed by atoms with Crippen LogP contribution in [0.2, 0.25) is 0 Å². The Kier molecular flexibility index (Phi) is 4.92. The highest BCUT2D eigenvalue weighted by Crippen LogP contribution is 2.32. The third kappa shape index (κ3) is 3.96. The van der Waals surface area contributed by atoms with Gasteiger partial charge in [-0.3, -0.25) is 9.59 Å². The normalized spacial score (nSPS) is 11.9. The lowest BCUT2D eigenvalue weighted by molar-refractivity contribution is -0.120. The average Bonchev–Trinajstić information content (AvgIpc) is 3.40. The highest BCUT2D eigenvalue weighted by molar-refractivity contribution is 5.95. The summed E-state index contributed by atoms with van der Waals surface area (Å²) in [5.74, 6) is 1.02. The van der Waals surface area contributed by atoms with Gasteiger partial charge in [0, 0.05) is 18.2 Å². The van der Waals surface area contributed by atoms with Crippen molar-refractivity contribution in [2.75, 3.05) is 13.3 Å². The second kappa shape index (κ2) is 7.83. The topological polar surface area (TPSA) is 103 Å². The van der Waals surface area contributed by atoms with E-state index in [0.717, 1.165) is 11.1 Å². The lowest BCUT2D eigenvalue weighted by Crippen LogP contribution is -2.36. The number of nitrogens with zero attached hydrogens (tertiary/aromatic N) is 1. The van der Waals surface area contributed by atoms with Crippen LogP contribution in [-0.2, 0) is 11.3 Å². The molecule has 0 saturated heterocycles. The fourth-order valence-corrected chi connectivity index (χ4v) is 2.69. The van der Waals surface area contributed by atoms with E-state index in [4.69, 9.17) is 14.0 Å². The third-order valence-electron chi connectivity index (χ3n) is 4.14. The van der Waals surface area contributed by atoms with E-state index in [1.807, 2.05) is 42.5 Å². The quantitative estimate of drug-likeness (QED) is 0.680. The third-order valence-corrected chi connectivity index (χ3v) is 4.14. The number of carbonyl (C=O) groups excluding carboxylic acids is 2. The summed E-state index contributed by atoms with van der Waals surface area (Å²) in [7, 11) is 0. The van der Waals surface area contributed by atoms with Crippen LogP contribution in [0, 0.1) is 0 Å². The molecule has 0 aliphatic carbocycles. The van der Waals surface area contributed by atoms with Gasteiger partial charge in [0.2, 0.25) is 12.7 Å². The van der Waals surface area contributed by atoms with Gasteiger partial charge in [0.15, 0.2) is 23.0 Å². The molecular weight excluding hydrogens is 362 g/mol. The average molecular weight is 379 g/mol. The van der Waals surface area contributed by atoms with Gasteiger partial charge in [0.05, 0.1) is 6.54 Å². The maximum Gasteiger partial charge on any atom is 0.273 e. The lowest BCUT2D eigenvalue weighted by Gasteiger charge is -2.07. The number of hydrogen-bond donors (Lipinski definition) is 2. The van der Waals surface area contributed by atoms with E-state index in [9.17, 15) is 9.59 Å². The predicted molar refractivity (Wildman–Crippen MR) is 98.7 cm³/mol. The molecule has 2 heterocycles. The van der Waals surface area contributed by atoms with Gasteiger partial charge in [0.1, 0.15) is 0 Å². The molecule has 28 heavy (non-hydrogen) atoms. The summed E-state index contributed by atoms with van der Waals surface area (Å²) in [6, 6.07) is 16.3. The Labute approximate surface area is 160 Å². The highest BCUT2D eigenvalue weighted by atomic mass is 16.7. The Morgan fingerprint density at radius 2 is 1.79 bits per heavy atom. The van der Waals surface area contributed by atoms with Crippen LogP contribution in [0.5, 0.6) is 11.5 Å². The van der Waals surface area contributed by atoms with Crippen molar-refractivity contribution in [2.45, 2.75) is 6.54 Å². The van der Waals surface area contributed by atoms with Crippen molar-refractivity contribution in [3.63, 3.8) is 0 Å². The molecule has 0 radical (unpaired) electrons. The molecule has 8 nitrogen and oxygen atoms in total. The zero-order chi connectivity index (χ0) is 19.3. The Morgan fingerprint density at radius 3 is 2.64 bits per heavy atom. The minimum atomic E-state index is -0.482. The molecule has 4 rings (SSSR count). The molecule has 1 aromatic heterocycles. The van der Waals surface area contributed by atoms with E-state index in [1.165, 1.54) is 6.07 Å². The maximum absolute atomic E-state index is 12.2. The summed E-state index contributed by atoms with van der Waals surface area (Å²) in [5, 5.41) is 9.01. The molecule has 2 aromatic carbocycles. The van der Waals surface area contributed by atoms with Crippen LogP contribution < -0.4 is 20.1 Å². The van der Waals surface area contributed by atoms with Crippen molar-refractivity contribution in [3.8, 4) is 22.8 Å². The van der Waals surface area contributed by atoms with E-state index in [2.05, 4.69) is 15.8 Å².